The zero-order chi connectivity index (χ0) is 19.8. The summed E-state index contributed by atoms with van der Waals surface area (Å²) in [5.41, 5.74) is 5.06. The van der Waals surface area contributed by atoms with Crippen molar-refractivity contribution in [3.05, 3.63) is 87.0 Å². The van der Waals surface area contributed by atoms with Crippen molar-refractivity contribution < 1.29 is 4.79 Å². The van der Waals surface area contributed by atoms with Crippen LogP contribution < -0.4 is 5.56 Å². The fourth-order valence-corrected chi connectivity index (χ4v) is 3.37. The van der Waals surface area contributed by atoms with Gasteiger partial charge in [-0.2, -0.15) is 5.10 Å². The summed E-state index contributed by atoms with van der Waals surface area (Å²) in [7, 11) is 0. The van der Waals surface area contributed by atoms with Crippen molar-refractivity contribution in [3.63, 3.8) is 0 Å². The molecule has 0 saturated carbocycles. The largest absolute Gasteiger partial charge is 0.316 e. The number of nitrogens with zero attached hydrogens (tertiary/aromatic N) is 3. The number of carbonyl (C=O) groups is 1. The molecule has 2 heterocycles. The Balaban J connectivity index is 1.78. The molecule has 4 aromatic rings. The maximum Gasteiger partial charge on any atom is 0.270 e. The van der Waals surface area contributed by atoms with Crippen molar-refractivity contribution in [1.29, 1.82) is 0 Å². The van der Waals surface area contributed by atoms with Crippen LogP contribution in [0.4, 0.5) is 0 Å². The minimum absolute atomic E-state index is 0.0613. The normalized spacial score (nSPS) is 11.1. The Morgan fingerprint density at radius 2 is 1.82 bits per heavy atom. The third-order valence-electron chi connectivity index (χ3n) is 4.79. The maximum atomic E-state index is 12.8. The first-order valence-electron chi connectivity index (χ1n) is 9.08. The molecule has 0 aliphatic rings. The van der Waals surface area contributed by atoms with Crippen LogP contribution in [0.2, 0.25) is 0 Å². The van der Waals surface area contributed by atoms with E-state index in [1.165, 1.54) is 0 Å². The number of aromatic nitrogens is 4. The molecule has 2 aromatic carbocycles. The van der Waals surface area contributed by atoms with Crippen LogP contribution in [0.15, 0.2) is 53.3 Å². The summed E-state index contributed by atoms with van der Waals surface area (Å²) in [6.45, 7) is 5.70. The van der Waals surface area contributed by atoms with Gasteiger partial charge in [-0.15, -0.1) is 0 Å². The number of para-hydroxylation sites is 1. The third-order valence-corrected chi connectivity index (χ3v) is 4.79. The predicted molar refractivity (Wildman–Crippen MR) is 108 cm³/mol. The van der Waals surface area contributed by atoms with Gasteiger partial charge in [0.2, 0.25) is 0 Å². The SMILES string of the molecule is Cc1ccc(C(=O)Cc2nc3c([nH]c2=O)c(C)nn3-c2ccccc2)c(C)c1. The molecule has 2 aromatic heterocycles. The highest BCUT2D eigenvalue weighted by Gasteiger charge is 2.18. The van der Waals surface area contributed by atoms with Crippen molar-refractivity contribution in [2.24, 2.45) is 0 Å². The number of hydrogen-bond donors (Lipinski definition) is 1. The number of carbonyl (C=O) groups excluding carboxylic acids is 1. The fourth-order valence-electron chi connectivity index (χ4n) is 3.37. The van der Waals surface area contributed by atoms with Gasteiger partial charge in [0.25, 0.3) is 5.56 Å². The fraction of sp³-hybridized carbons (Fsp3) is 0.182. The third kappa shape index (κ3) is 3.13. The summed E-state index contributed by atoms with van der Waals surface area (Å²) in [5, 5.41) is 4.50. The number of aromatic amines is 1. The van der Waals surface area contributed by atoms with Crippen LogP contribution in [-0.4, -0.2) is 25.5 Å². The zero-order valence-corrected chi connectivity index (χ0v) is 16.0. The number of H-pyrrole nitrogens is 1. The number of aryl methyl sites for hydroxylation is 3. The molecular weight excluding hydrogens is 352 g/mol. The van der Waals surface area contributed by atoms with Gasteiger partial charge in [-0.25, -0.2) is 9.67 Å². The molecule has 0 amide bonds. The molecule has 0 bridgehead atoms. The van der Waals surface area contributed by atoms with Crippen molar-refractivity contribution >= 4 is 16.9 Å². The molecule has 4 rings (SSSR count). The van der Waals surface area contributed by atoms with E-state index in [1.54, 1.807) is 10.7 Å². The Morgan fingerprint density at radius 3 is 2.54 bits per heavy atom. The van der Waals surface area contributed by atoms with Crippen molar-refractivity contribution in [1.82, 2.24) is 19.7 Å². The van der Waals surface area contributed by atoms with E-state index in [9.17, 15) is 9.59 Å². The summed E-state index contributed by atoms with van der Waals surface area (Å²) >= 11 is 0. The molecular formula is C22H20N4O2. The molecule has 28 heavy (non-hydrogen) atoms. The van der Waals surface area contributed by atoms with Gasteiger partial charge in [0.1, 0.15) is 11.2 Å². The molecule has 0 spiro atoms. The highest BCUT2D eigenvalue weighted by atomic mass is 16.1. The molecule has 0 radical (unpaired) electrons. The summed E-state index contributed by atoms with van der Waals surface area (Å²) in [5.74, 6) is -0.127. The lowest BCUT2D eigenvalue weighted by atomic mass is 9.99. The lowest BCUT2D eigenvalue weighted by Crippen LogP contribution is -2.20. The van der Waals surface area contributed by atoms with Crippen LogP contribution in [0.5, 0.6) is 0 Å². The summed E-state index contributed by atoms with van der Waals surface area (Å²) in [6.07, 6.45) is -0.0613. The smallest absolute Gasteiger partial charge is 0.270 e. The number of fused-ring (bicyclic) bond motifs is 1. The average Bonchev–Trinajstić information content (AvgIpc) is 2.98. The molecule has 0 unspecified atom stereocenters. The van der Waals surface area contributed by atoms with E-state index in [0.29, 0.717) is 22.4 Å². The van der Waals surface area contributed by atoms with Gasteiger partial charge in [0, 0.05) is 5.56 Å². The van der Waals surface area contributed by atoms with Gasteiger partial charge < -0.3 is 4.98 Å². The predicted octanol–water partition coefficient (Wildman–Crippen LogP) is 3.46. The Labute approximate surface area is 161 Å². The van der Waals surface area contributed by atoms with Gasteiger partial charge in [-0.05, 0) is 38.5 Å². The van der Waals surface area contributed by atoms with E-state index < -0.39 is 0 Å². The van der Waals surface area contributed by atoms with Gasteiger partial charge in [-0.3, -0.25) is 9.59 Å². The Kier molecular flexibility index (Phi) is 4.39. The second-order valence-electron chi connectivity index (χ2n) is 6.96. The van der Waals surface area contributed by atoms with Crippen LogP contribution >= 0.6 is 0 Å². The minimum atomic E-state index is -0.360. The molecule has 0 aliphatic carbocycles. The van der Waals surface area contributed by atoms with Crippen molar-refractivity contribution in [3.8, 4) is 5.69 Å². The molecule has 0 atom stereocenters. The van der Waals surface area contributed by atoms with Crippen molar-refractivity contribution in [2.75, 3.05) is 0 Å². The van der Waals surface area contributed by atoms with Crippen LogP contribution in [0.1, 0.15) is 32.9 Å². The Bertz CT molecular complexity index is 1250. The Morgan fingerprint density at radius 1 is 1.07 bits per heavy atom. The first kappa shape index (κ1) is 17.9. The van der Waals surface area contributed by atoms with E-state index in [-0.39, 0.29) is 23.5 Å². The first-order valence-corrected chi connectivity index (χ1v) is 9.08. The molecule has 6 nitrogen and oxygen atoms in total. The quantitative estimate of drug-likeness (QED) is 0.556. The number of hydrogen-bond acceptors (Lipinski definition) is 4. The molecule has 6 heteroatoms. The number of nitrogens with one attached hydrogen (secondary N) is 1. The topological polar surface area (TPSA) is 80.6 Å². The molecule has 0 saturated heterocycles. The van der Waals surface area contributed by atoms with Crippen LogP contribution in [0.25, 0.3) is 16.9 Å². The standard InChI is InChI=1S/C22H20N4O2/c1-13-9-10-17(14(2)11-13)19(27)12-18-22(28)24-20-15(3)25-26(21(20)23-18)16-7-5-4-6-8-16/h4-11H,12H2,1-3H3,(H,24,28). The Hall–Kier alpha value is -3.54. The number of rotatable bonds is 4. The molecule has 0 aliphatic heterocycles. The highest BCUT2D eigenvalue weighted by molar-refractivity contribution is 5.98. The van der Waals surface area contributed by atoms with Crippen LogP contribution in [-0.2, 0) is 6.42 Å². The molecule has 0 fully saturated rings. The van der Waals surface area contributed by atoms with Crippen LogP contribution in [0.3, 0.4) is 0 Å². The second kappa shape index (κ2) is 6.88. The van der Waals surface area contributed by atoms with Gasteiger partial charge in [0.15, 0.2) is 11.4 Å². The number of Topliss-reactive ketones (excluding diaryl/α,β-unsaturated/α-hetero) is 1. The van der Waals surface area contributed by atoms with E-state index in [1.807, 2.05) is 63.2 Å². The van der Waals surface area contributed by atoms with E-state index in [0.717, 1.165) is 16.8 Å². The monoisotopic (exact) mass is 372 g/mol. The maximum absolute atomic E-state index is 12.8. The van der Waals surface area contributed by atoms with Gasteiger partial charge >= 0.3 is 0 Å². The van der Waals surface area contributed by atoms with E-state index in [4.69, 9.17) is 0 Å². The first-order chi connectivity index (χ1) is 13.4. The number of ketones is 1. The highest BCUT2D eigenvalue weighted by Crippen LogP contribution is 2.18. The van der Waals surface area contributed by atoms with Crippen LogP contribution in [0, 0.1) is 20.8 Å². The van der Waals surface area contributed by atoms with E-state index in [2.05, 4.69) is 15.1 Å². The average molecular weight is 372 g/mol. The molecule has 140 valence electrons. The lowest BCUT2D eigenvalue weighted by molar-refractivity contribution is 0.0991. The molecule has 1 N–H and O–H groups in total. The minimum Gasteiger partial charge on any atom is -0.316 e. The zero-order valence-electron chi connectivity index (χ0n) is 16.0. The van der Waals surface area contributed by atoms with Crippen molar-refractivity contribution in [2.45, 2.75) is 27.2 Å². The number of benzene rings is 2. The van der Waals surface area contributed by atoms with Gasteiger partial charge in [0.05, 0.1) is 17.8 Å². The van der Waals surface area contributed by atoms with Gasteiger partial charge in [-0.1, -0.05) is 42.0 Å². The lowest BCUT2D eigenvalue weighted by Gasteiger charge is -2.06. The summed E-state index contributed by atoms with van der Waals surface area (Å²) in [4.78, 5) is 32.7. The van der Waals surface area contributed by atoms with E-state index >= 15 is 0 Å². The summed E-state index contributed by atoms with van der Waals surface area (Å²) < 4.78 is 1.69. The second-order valence-corrected chi connectivity index (χ2v) is 6.96. The summed E-state index contributed by atoms with van der Waals surface area (Å²) in [6, 6.07) is 15.2.